The van der Waals surface area contributed by atoms with Gasteiger partial charge in [-0.05, 0) is 55.8 Å². The van der Waals surface area contributed by atoms with E-state index >= 15 is 0 Å². The fraction of sp³-hybridized carbons (Fsp3) is 0.417. The number of benzene rings is 2. The number of rotatable bonds is 9. The van der Waals surface area contributed by atoms with E-state index in [1.807, 2.05) is 18.2 Å². The molecule has 1 aliphatic carbocycles. The molecule has 1 aliphatic rings. The average molecular weight is 427 g/mol. The molecule has 0 aromatic heterocycles. The third-order valence-corrected chi connectivity index (χ3v) is 5.65. The molecule has 2 aromatic carbocycles. The minimum absolute atomic E-state index is 0.0774. The second-order valence-corrected chi connectivity index (χ2v) is 8.05. The van der Waals surface area contributed by atoms with Gasteiger partial charge in [0.25, 0.3) is 0 Å². The summed E-state index contributed by atoms with van der Waals surface area (Å²) in [6.07, 6.45) is 6.41. The number of carbonyl (C=O) groups is 2. The van der Waals surface area contributed by atoms with Crippen LogP contribution in [-0.4, -0.2) is 42.9 Å². The number of nitrogens with one attached hydrogen (secondary N) is 3. The number of para-hydroxylation sites is 1. The Morgan fingerprint density at radius 1 is 0.968 bits per heavy atom. The van der Waals surface area contributed by atoms with Crippen LogP contribution >= 0.6 is 0 Å². The highest BCUT2D eigenvalue weighted by Gasteiger charge is 2.19. The molecule has 2 aromatic rings. The number of nitrogens with zero attached hydrogens (tertiary/aromatic N) is 1. The van der Waals surface area contributed by atoms with E-state index < -0.39 is 0 Å². The smallest absolute Gasteiger partial charge is 0.243 e. The van der Waals surface area contributed by atoms with Gasteiger partial charge in [-0.2, -0.15) is 0 Å². The summed E-state index contributed by atoms with van der Waals surface area (Å²) in [6, 6.07) is 14.1. The standard InChI is InChI=1S/C24H31FN4O2/c1-29(21-8-3-2-4-9-21)17-18-7-5-6-10-22(18)26-15-23(30)27-16-24(31)28-20-13-11-19(25)12-14-20/h5-7,10-14,21,26H,2-4,8-9,15-17H2,1H3,(H,27,30)(H,28,31). The molecule has 0 radical (unpaired) electrons. The SMILES string of the molecule is CN(Cc1ccccc1NCC(=O)NCC(=O)Nc1ccc(F)cc1)C1CCCCC1. The van der Waals surface area contributed by atoms with Crippen molar-refractivity contribution in [2.45, 2.75) is 44.7 Å². The van der Waals surface area contributed by atoms with Gasteiger partial charge >= 0.3 is 0 Å². The average Bonchev–Trinajstić information content (AvgIpc) is 2.79. The molecule has 0 aliphatic heterocycles. The molecule has 0 spiro atoms. The molecular weight excluding hydrogens is 395 g/mol. The van der Waals surface area contributed by atoms with E-state index in [1.165, 1.54) is 56.4 Å². The largest absolute Gasteiger partial charge is 0.376 e. The van der Waals surface area contributed by atoms with Crippen molar-refractivity contribution in [1.29, 1.82) is 0 Å². The Kier molecular flexibility index (Phi) is 8.41. The summed E-state index contributed by atoms with van der Waals surface area (Å²) in [4.78, 5) is 26.5. The molecule has 31 heavy (non-hydrogen) atoms. The quantitative estimate of drug-likeness (QED) is 0.571. The lowest BCUT2D eigenvalue weighted by Crippen LogP contribution is -2.36. The maximum Gasteiger partial charge on any atom is 0.243 e. The first-order valence-corrected chi connectivity index (χ1v) is 10.9. The highest BCUT2D eigenvalue weighted by Crippen LogP contribution is 2.24. The number of amides is 2. The molecule has 0 saturated heterocycles. The highest BCUT2D eigenvalue weighted by molar-refractivity contribution is 5.95. The van der Waals surface area contributed by atoms with Gasteiger partial charge < -0.3 is 16.0 Å². The van der Waals surface area contributed by atoms with Gasteiger partial charge in [0.2, 0.25) is 11.8 Å². The Morgan fingerprint density at radius 3 is 2.42 bits per heavy atom. The van der Waals surface area contributed by atoms with Crippen LogP contribution in [0, 0.1) is 5.82 Å². The van der Waals surface area contributed by atoms with Crippen LogP contribution in [0.15, 0.2) is 48.5 Å². The number of halogens is 1. The van der Waals surface area contributed by atoms with Crippen molar-refractivity contribution in [3.05, 3.63) is 59.9 Å². The molecule has 3 N–H and O–H groups in total. The predicted molar refractivity (Wildman–Crippen MR) is 121 cm³/mol. The van der Waals surface area contributed by atoms with Gasteiger partial charge in [-0.25, -0.2) is 4.39 Å². The van der Waals surface area contributed by atoms with Gasteiger partial charge in [-0.1, -0.05) is 37.5 Å². The first kappa shape index (κ1) is 22.7. The van der Waals surface area contributed by atoms with Crippen LogP contribution in [0.5, 0.6) is 0 Å². The highest BCUT2D eigenvalue weighted by atomic mass is 19.1. The van der Waals surface area contributed by atoms with E-state index in [9.17, 15) is 14.0 Å². The van der Waals surface area contributed by atoms with Gasteiger partial charge in [-0.3, -0.25) is 14.5 Å². The molecular formula is C24H31FN4O2. The van der Waals surface area contributed by atoms with E-state index in [0.717, 1.165) is 17.8 Å². The van der Waals surface area contributed by atoms with Gasteiger partial charge in [0.15, 0.2) is 0 Å². The summed E-state index contributed by atoms with van der Waals surface area (Å²) < 4.78 is 12.9. The van der Waals surface area contributed by atoms with Crippen molar-refractivity contribution >= 4 is 23.2 Å². The lowest BCUT2D eigenvalue weighted by molar-refractivity contribution is -0.122. The summed E-state index contributed by atoms with van der Waals surface area (Å²) in [5.41, 5.74) is 2.56. The summed E-state index contributed by atoms with van der Waals surface area (Å²) in [5, 5.41) is 8.40. The van der Waals surface area contributed by atoms with Gasteiger partial charge in [0, 0.05) is 24.0 Å². The molecule has 3 rings (SSSR count). The van der Waals surface area contributed by atoms with Crippen LogP contribution in [0.2, 0.25) is 0 Å². The molecule has 0 heterocycles. The Hall–Kier alpha value is -2.93. The van der Waals surface area contributed by atoms with Crippen molar-refractivity contribution in [3.8, 4) is 0 Å². The first-order chi connectivity index (χ1) is 15.0. The Morgan fingerprint density at radius 2 is 1.68 bits per heavy atom. The predicted octanol–water partition coefficient (Wildman–Crippen LogP) is 3.76. The monoisotopic (exact) mass is 426 g/mol. The van der Waals surface area contributed by atoms with E-state index in [1.54, 1.807) is 0 Å². The van der Waals surface area contributed by atoms with Crippen molar-refractivity contribution in [2.24, 2.45) is 0 Å². The third kappa shape index (κ3) is 7.36. The van der Waals surface area contributed by atoms with Gasteiger partial charge in [0.05, 0.1) is 13.1 Å². The minimum atomic E-state index is -0.373. The summed E-state index contributed by atoms with van der Waals surface area (Å²) in [5.74, 6) is -1.01. The van der Waals surface area contributed by atoms with Crippen LogP contribution < -0.4 is 16.0 Å². The summed E-state index contributed by atoms with van der Waals surface area (Å²) in [7, 11) is 2.17. The van der Waals surface area contributed by atoms with Crippen LogP contribution in [0.4, 0.5) is 15.8 Å². The van der Waals surface area contributed by atoms with Crippen molar-refractivity contribution in [1.82, 2.24) is 10.2 Å². The normalized spacial score (nSPS) is 14.3. The minimum Gasteiger partial charge on any atom is -0.376 e. The lowest BCUT2D eigenvalue weighted by Gasteiger charge is -2.31. The fourth-order valence-electron chi connectivity index (χ4n) is 3.91. The zero-order valence-corrected chi connectivity index (χ0v) is 18.0. The zero-order chi connectivity index (χ0) is 22.1. The number of hydrogen-bond donors (Lipinski definition) is 3. The van der Waals surface area contributed by atoms with E-state index in [0.29, 0.717) is 11.7 Å². The first-order valence-electron chi connectivity index (χ1n) is 10.9. The van der Waals surface area contributed by atoms with Gasteiger partial charge in [0.1, 0.15) is 5.82 Å². The van der Waals surface area contributed by atoms with Gasteiger partial charge in [-0.15, -0.1) is 0 Å². The molecule has 2 amide bonds. The van der Waals surface area contributed by atoms with Crippen LogP contribution in [0.1, 0.15) is 37.7 Å². The van der Waals surface area contributed by atoms with Crippen molar-refractivity contribution in [2.75, 3.05) is 30.8 Å². The summed E-state index contributed by atoms with van der Waals surface area (Å²) >= 11 is 0. The molecule has 166 valence electrons. The summed E-state index contributed by atoms with van der Waals surface area (Å²) in [6.45, 7) is 0.757. The van der Waals surface area contributed by atoms with Crippen molar-refractivity contribution in [3.63, 3.8) is 0 Å². The van der Waals surface area contributed by atoms with E-state index in [2.05, 4.69) is 34.0 Å². The maximum absolute atomic E-state index is 12.9. The van der Waals surface area contributed by atoms with E-state index in [-0.39, 0.29) is 30.7 Å². The van der Waals surface area contributed by atoms with E-state index in [4.69, 9.17) is 0 Å². The maximum atomic E-state index is 12.9. The molecule has 1 saturated carbocycles. The third-order valence-electron chi connectivity index (χ3n) is 5.65. The van der Waals surface area contributed by atoms with Crippen LogP contribution in [-0.2, 0) is 16.1 Å². The van der Waals surface area contributed by atoms with Crippen LogP contribution in [0.3, 0.4) is 0 Å². The second-order valence-electron chi connectivity index (χ2n) is 8.05. The Bertz CT molecular complexity index is 866. The molecule has 0 unspecified atom stereocenters. The Balaban J connectivity index is 1.44. The lowest BCUT2D eigenvalue weighted by atomic mass is 9.94. The second kappa shape index (κ2) is 11.5. The van der Waals surface area contributed by atoms with Crippen molar-refractivity contribution < 1.29 is 14.0 Å². The Labute approximate surface area is 183 Å². The fourth-order valence-corrected chi connectivity index (χ4v) is 3.91. The number of hydrogen-bond acceptors (Lipinski definition) is 4. The zero-order valence-electron chi connectivity index (χ0n) is 18.0. The van der Waals surface area contributed by atoms with Crippen LogP contribution in [0.25, 0.3) is 0 Å². The molecule has 0 bridgehead atoms. The number of carbonyl (C=O) groups excluding carboxylic acids is 2. The number of anilines is 2. The molecule has 7 heteroatoms. The topological polar surface area (TPSA) is 73.5 Å². The molecule has 1 fully saturated rings. The molecule has 6 nitrogen and oxygen atoms in total. The molecule has 0 atom stereocenters.